The molecule has 2 aliphatic carbocycles. The second-order valence-corrected chi connectivity index (χ2v) is 5.59. The number of hydrogen-bond acceptors (Lipinski definition) is 2. The maximum Gasteiger partial charge on any atom is 0.123 e. The highest BCUT2D eigenvalue weighted by Crippen LogP contribution is 2.52. The Labute approximate surface area is 109 Å². The maximum absolute atomic E-state index is 9.04. The van der Waals surface area contributed by atoms with E-state index in [0.717, 1.165) is 17.7 Å². The Bertz CT molecular complexity index is 509. The van der Waals surface area contributed by atoms with Gasteiger partial charge in [-0.15, -0.1) is 0 Å². The summed E-state index contributed by atoms with van der Waals surface area (Å²) in [5.74, 6) is 0.895. The second-order valence-electron chi connectivity index (χ2n) is 5.59. The van der Waals surface area contributed by atoms with Gasteiger partial charge in [0, 0.05) is 5.56 Å². The Morgan fingerprint density at radius 3 is 2.67 bits per heavy atom. The van der Waals surface area contributed by atoms with Gasteiger partial charge in [0.1, 0.15) is 5.75 Å². The predicted molar refractivity (Wildman–Crippen MR) is 70.8 cm³/mol. The molecule has 0 atom stereocenters. The zero-order chi connectivity index (χ0) is 12.6. The van der Waals surface area contributed by atoms with Crippen LogP contribution in [-0.2, 0) is 18.3 Å². The first kappa shape index (κ1) is 11.6. The van der Waals surface area contributed by atoms with Crippen LogP contribution >= 0.6 is 0 Å². The molecule has 0 bridgehead atoms. The van der Waals surface area contributed by atoms with Gasteiger partial charge in [0.25, 0.3) is 0 Å². The molecule has 3 rings (SSSR count). The third-order valence-corrected chi connectivity index (χ3v) is 4.83. The largest absolute Gasteiger partial charge is 0.496 e. The lowest BCUT2D eigenvalue weighted by Gasteiger charge is -2.47. The van der Waals surface area contributed by atoms with E-state index in [1.54, 1.807) is 7.11 Å². The van der Waals surface area contributed by atoms with E-state index in [9.17, 15) is 0 Å². The van der Waals surface area contributed by atoms with Crippen LogP contribution in [0.25, 0.3) is 0 Å². The summed E-state index contributed by atoms with van der Waals surface area (Å²) in [6.45, 7) is 0. The van der Waals surface area contributed by atoms with Crippen LogP contribution in [0.4, 0.5) is 0 Å². The van der Waals surface area contributed by atoms with E-state index in [-0.39, 0.29) is 0 Å². The number of nitrogens with zero attached hydrogens (tertiary/aromatic N) is 1. The molecule has 1 spiro atoms. The summed E-state index contributed by atoms with van der Waals surface area (Å²) in [5.41, 5.74) is 4.53. The van der Waals surface area contributed by atoms with Gasteiger partial charge in [-0.25, -0.2) is 0 Å². The van der Waals surface area contributed by atoms with Crippen LogP contribution in [0.2, 0.25) is 0 Å². The summed E-state index contributed by atoms with van der Waals surface area (Å²) in [7, 11) is 1.70. The monoisotopic (exact) mass is 241 g/mol. The molecule has 94 valence electrons. The standard InChI is InChI=1S/C16H19NO/c1-18-15-6-5-14-12(13(15)7-11-17)4-2-8-16(14)9-3-10-16/h5-6H,2-4,7-10H2,1H3. The first-order valence-corrected chi connectivity index (χ1v) is 6.87. The SMILES string of the molecule is COc1ccc2c(c1CC#N)CCCC21CCC1. The smallest absolute Gasteiger partial charge is 0.123 e. The first-order valence-electron chi connectivity index (χ1n) is 6.87. The molecule has 0 saturated heterocycles. The fourth-order valence-electron chi connectivity index (χ4n) is 3.78. The number of benzene rings is 1. The van der Waals surface area contributed by atoms with E-state index in [4.69, 9.17) is 10.00 Å². The maximum atomic E-state index is 9.04. The van der Waals surface area contributed by atoms with Crippen molar-refractivity contribution in [2.75, 3.05) is 7.11 Å². The summed E-state index contributed by atoms with van der Waals surface area (Å²) in [4.78, 5) is 0. The molecule has 2 heteroatoms. The van der Waals surface area contributed by atoms with Crippen LogP contribution in [0.5, 0.6) is 5.75 Å². The Kier molecular flexibility index (Phi) is 2.78. The zero-order valence-corrected chi connectivity index (χ0v) is 11.0. The fourth-order valence-corrected chi connectivity index (χ4v) is 3.78. The van der Waals surface area contributed by atoms with Crippen molar-refractivity contribution in [2.45, 2.75) is 50.4 Å². The summed E-state index contributed by atoms with van der Waals surface area (Å²) < 4.78 is 5.43. The molecular formula is C16H19NO. The molecule has 0 radical (unpaired) electrons. The van der Waals surface area contributed by atoms with Crippen molar-refractivity contribution < 1.29 is 4.74 Å². The molecule has 18 heavy (non-hydrogen) atoms. The normalized spacial score (nSPS) is 19.8. The molecule has 0 aliphatic heterocycles. The molecular weight excluding hydrogens is 222 g/mol. The molecule has 2 nitrogen and oxygen atoms in total. The van der Waals surface area contributed by atoms with E-state index in [1.807, 2.05) is 0 Å². The van der Waals surface area contributed by atoms with Gasteiger partial charge in [-0.1, -0.05) is 12.5 Å². The highest BCUT2D eigenvalue weighted by atomic mass is 16.5. The van der Waals surface area contributed by atoms with Crippen LogP contribution in [0.3, 0.4) is 0 Å². The van der Waals surface area contributed by atoms with Crippen molar-refractivity contribution in [1.29, 1.82) is 5.26 Å². The zero-order valence-electron chi connectivity index (χ0n) is 11.0. The quantitative estimate of drug-likeness (QED) is 0.793. The van der Waals surface area contributed by atoms with E-state index in [1.165, 1.54) is 43.2 Å². The van der Waals surface area contributed by atoms with Gasteiger partial charge in [0.2, 0.25) is 0 Å². The van der Waals surface area contributed by atoms with Gasteiger partial charge in [0.05, 0.1) is 19.6 Å². The van der Waals surface area contributed by atoms with E-state index in [2.05, 4.69) is 18.2 Å². The van der Waals surface area contributed by atoms with E-state index < -0.39 is 0 Å². The Morgan fingerprint density at radius 1 is 1.28 bits per heavy atom. The van der Waals surface area contributed by atoms with Crippen molar-refractivity contribution in [3.05, 3.63) is 28.8 Å². The van der Waals surface area contributed by atoms with Crippen molar-refractivity contribution in [1.82, 2.24) is 0 Å². The van der Waals surface area contributed by atoms with Crippen molar-refractivity contribution in [3.63, 3.8) is 0 Å². The average molecular weight is 241 g/mol. The highest BCUT2D eigenvalue weighted by molar-refractivity contribution is 5.51. The van der Waals surface area contributed by atoms with Crippen LogP contribution < -0.4 is 4.74 Å². The molecule has 1 fully saturated rings. The number of fused-ring (bicyclic) bond motifs is 2. The topological polar surface area (TPSA) is 33.0 Å². The lowest BCUT2D eigenvalue weighted by Crippen LogP contribution is -2.38. The summed E-state index contributed by atoms with van der Waals surface area (Å²) in [6.07, 6.45) is 8.21. The predicted octanol–water partition coefficient (Wildman–Crippen LogP) is 3.52. The second kappa shape index (κ2) is 4.31. The van der Waals surface area contributed by atoms with Gasteiger partial charge < -0.3 is 4.74 Å². The Morgan fingerprint density at radius 2 is 2.06 bits per heavy atom. The number of rotatable bonds is 2. The van der Waals surface area contributed by atoms with Crippen LogP contribution in [-0.4, -0.2) is 7.11 Å². The molecule has 0 unspecified atom stereocenters. The van der Waals surface area contributed by atoms with Crippen LogP contribution in [0.15, 0.2) is 12.1 Å². The minimum Gasteiger partial charge on any atom is -0.496 e. The molecule has 1 saturated carbocycles. The summed E-state index contributed by atoms with van der Waals surface area (Å²) in [6, 6.07) is 6.62. The molecule has 1 aromatic rings. The van der Waals surface area contributed by atoms with Crippen molar-refractivity contribution in [2.24, 2.45) is 0 Å². The lowest BCUT2D eigenvalue weighted by molar-refractivity contribution is 0.208. The van der Waals surface area contributed by atoms with E-state index >= 15 is 0 Å². The third-order valence-electron chi connectivity index (χ3n) is 4.83. The van der Waals surface area contributed by atoms with Gasteiger partial charge in [-0.05, 0) is 54.7 Å². The fraction of sp³-hybridized carbons (Fsp3) is 0.562. The van der Waals surface area contributed by atoms with Gasteiger partial charge in [-0.2, -0.15) is 5.26 Å². The van der Waals surface area contributed by atoms with Crippen LogP contribution in [0, 0.1) is 11.3 Å². The number of ether oxygens (including phenoxy) is 1. The van der Waals surface area contributed by atoms with Crippen molar-refractivity contribution >= 4 is 0 Å². The number of nitriles is 1. The Hall–Kier alpha value is -1.49. The summed E-state index contributed by atoms with van der Waals surface area (Å²) in [5, 5.41) is 9.04. The summed E-state index contributed by atoms with van der Waals surface area (Å²) >= 11 is 0. The third kappa shape index (κ3) is 1.54. The first-order chi connectivity index (χ1) is 8.80. The molecule has 0 heterocycles. The van der Waals surface area contributed by atoms with Gasteiger partial charge >= 0.3 is 0 Å². The van der Waals surface area contributed by atoms with Gasteiger partial charge in [0.15, 0.2) is 0 Å². The van der Waals surface area contributed by atoms with Crippen LogP contribution in [0.1, 0.15) is 48.8 Å². The minimum absolute atomic E-state index is 0.448. The minimum atomic E-state index is 0.448. The lowest BCUT2D eigenvalue weighted by atomic mass is 9.58. The molecule has 0 N–H and O–H groups in total. The molecule has 1 aromatic carbocycles. The molecule has 0 aromatic heterocycles. The Balaban J connectivity index is 2.13. The van der Waals surface area contributed by atoms with E-state index in [0.29, 0.717) is 11.8 Å². The molecule has 2 aliphatic rings. The highest BCUT2D eigenvalue weighted by Gasteiger charge is 2.42. The molecule has 0 amide bonds. The number of methoxy groups -OCH3 is 1. The van der Waals surface area contributed by atoms with Gasteiger partial charge in [-0.3, -0.25) is 0 Å². The number of hydrogen-bond donors (Lipinski definition) is 0. The average Bonchev–Trinajstić information content (AvgIpc) is 2.36. The van der Waals surface area contributed by atoms with Crippen molar-refractivity contribution in [3.8, 4) is 11.8 Å².